The molecule has 0 radical (unpaired) electrons. The smallest absolute Gasteiger partial charge is 0.388 e. The number of halogens is 5. The first-order valence-electron chi connectivity index (χ1n) is 6.06. The van der Waals surface area contributed by atoms with Gasteiger partial charge < -0.3 is 5.11 Å². The highest BCUT2D eigenvalue weighted by molar-refractivity contribution is 5.28. The van der Waals surface area contributed by atoms with E-state index in [1.807, 2.05) is 0 Å². The summed E-state index contributed by atoms with van der Waals surface area (Å²) >= 11 is 0. The van der Waals surface area contributed by atoms with Crippen LogP contribution in [0.15, 0.2) is 42.5 Å². The van der Waals surface area contributed by atoms with Crippen molar-refractivity contribution in [3.63, 3.8) is 0 Å². The zero-order valence-corrected chi connectivity index (χ0v) is 10.7. The quantitative estimate of drug-likeness (QED) is 0.840. The van der Waals surface area contributed by atoms with Crippen molar-refractivity contribution in [3.8, 4) is 0 Å². The van der Waals surface area contributed by atoms with Gasteiger partial charge in [-0.05, 0) is 29.3 Å². The summed E-state index contributed by atoms with van der Waals surface area (Å²) in [6, 6.07) is 6.90. The standard InChI is InChI=1S/C15H11F5O/c16-12-6-3-10(13(17)8-12)7-14(21)9-1-4-11(5-2-9)15(18,19)20/h1-6,8,14,21H,7H2. The fourth-order valence-electron chi connectivity index (χ4n) is 1.91. The molecule has 2 rings (SSSR count). The summed E-state index contributed by atoms with van der Waals surface area (Å²) in [4.78, 5) is 0. The molecule has 112 valence electrons. The molecular weight excluding hydrogens is 291 g/mol. The van der Waals surface area contributed by atoms with Gasteiger partial charge in [-0.15, -0.1) is 0 Å². The lowest BCUT2D eigenvalue weighted by molar-refractivity contribution is -0.137. The Morgan fingerprint density at radius 3 is 2.10 bits per heavy atom. The van der Waals surface area contributed by atoms with E-state index in [2.05, 4.69) is 0 Å². The minimum Gasteiger partial charge on any atom is -0.388 e. The predicted molar refractivity (Wildman–Crippen MR) is 66.5 cm³/mol. The van der Waals surface area contributed by atoms with Crippen LogP contribution in [-0.4, -0.2) is 5.11 Å². The second-order valence-corrected chi connectivity index (χ2v) is 4.58. The zero-order valence-electron chi connectivity index (χ0n) is 10.7. The third-order valence-corrected chi connectivity index (χ3v) is 3.05. The van der Waals surface area contributed by atoms with Gasteiger partial charge in [-0.25, -0.2) is 8.78 Å². The number of alkyl halides is 3. The molecule has 1 N–H and O–H groups in total. The first kappa shape index (κ1) is 15.4. The predicted octanol–water partition coefficient (Wildman–Crippen LogP) is 4.26. The maximum Gasteiger partial charge on any atom is 0.416 e. The average molecular weight is 302 g/mol. The Kier molecular flexibility index (Phi) is 4.27. The van der Waals surface area contributed by atoms with Gasteiger partial charge in [0, 0.05) is 12.5 Å². The number of benzene rings is 2. The first-order chi connectivity index (χ1) is 9.77. The molecule has 1 unspecified atom stereocenters. The van der Waals surface area contributed by atoms with E-state index in [1.165, 1.54) is 6.07 Å². The molecule has 1 nitrogen and oxygen atoms in total. The largest absolute Gasteiger partial charge is 0.416 e. The number of hydrogen-bond acceptors (Lipinski definition) is 1. The van der Waals surface area contributed by atoms with Crippen molar-refractivity contribution in [2.75, 3.05) is 0 Å². The molecule has 0 aliphatic heterocycles. The molecule has 21 heavy (non-hydrogen) atoms. The molecule has 6 heteroatoms. The topological polar surface area (TPSA) is 20.2 Å². The molecule has 0 aliphatic rings. The lowest BCUT2D eigenvalue weighted by Crippen LogP contribution is -2.07. The monoisotopic (exact) mass is 302 g/mol. The van der Waals surface area contributed by atoms with E-state index >= 15 is 0 Å². The summed E-state index contributed by atoms with van der Waals surface area (Å²) < 4.78 is 63.4. The van der Waals surface area contributed by atoms with E-state index in [4.69, 9.17) is 0 Å². The van der Waals surface area contributed by atoms with Crippen LogP contribution in [0, 0.1) is 11.6 Å². The Hall–Kier alpha value is -1.95. The summed E-state index contributed by atoms with van der Waals surface area (Å²) in [5.41, 5.74) is -0.512. The normalized spacial score (nSPS) is 13.2. The van der Waals surface area contributed by atoms with Crippen LogP contribution in [0.2, 0.25) is 0 Å². The maximum atomic E-state index is 13.4. The van der Waals surface area contributed by atoms with Gasteiger partial charge in [0.2, 0.25) is 0 Å². The molecule has 0 fully saturated rings. The van der Waals surface area contributed by atoms with Crippen molar-refractivity contribution in [3.05, 3.63) is 70.8 Å². The third kappa shape index (κ3) is 3.78. The second-order valence-electron chi connectivity index (χ2n) is 4.58. The first-order valence-corrected chi connectivity index (χ1v) is 6.06. The summed E-state index contributed by atoms with van der Waals surface area (Å²) in [5.74, 6) is -1.54. The molecule has 0 saturated carbocycles. The Balaban J connectivity index is 2.15. The molecular formula is C15H11F5O. The van der Waals surface area contributed by atoms with Crippen molar-refractivity contribution in [2.24, 2.45) is 0 Å². The number of aliphatic hydroxyl groups is 1. The van der Waals surface area contributed by atoms with E-state index in [-0.39, 0.29) is 17.5 Å². The highest BCUT2D eigenvalue weighted by Gasteiger charge is 2.30. The summed E-state index contributed by atoms with van der Waals surface area (Å²) in [6.45, 7) is 0. The SMILES string of the molecule is OC(Cc1ccc(F)cc1F)c1ccc(C(F)(F)F)cc1. The molecule has 0 bridgehead atoms. The molecule has 0 saturated heterocycles. The van der Waals surface area contributed by atoms with Crippen LogP contribution in [-0.2, 0) is 12.6 Å². The minimum atomic E-state index is -4.45. The fourth-order valence-corrected chi connectivity index (χ4v) is 1.91. The van der Waals surface area contributed by atoms with Gasteiger partial charge in [0.15, 0.2) is 0 Å². The van der Waals surface area contributed by atoms with E-state index in [9.17, 15) is 27.1 Å². The Bertz CT molecular complexity index is 619. The molecule has 1 atom stereocenters. The summed E-state index contributed by atoms with van der Waals surface area (Å²) in [7, 11) is 0. The summed E-state index contributed by atoms with van der Waals surface area (Å²) in [6.07, 6.45) is -5.78. The third-order valence-electron chi connectivity index (χ3n) is 3.05. The molecule has 0 spiro atoms. The van der Waals surface area contributed by atoms with Gasteiger partial charge in [0.1, 0.15) is 11.6 Å². The number of hydrogen-bond donors (Lipinski definition) is 1. The zero-order chi connectivity index (χ0) is 15.6. The van der Waals surface area contributed by atoms with Crippen LogP contribution >= 0.6 is 0 Å². The Morgan fingerprint density at radius 2 is 1.57 bits per heavy atom. The van der Waals surface area contributed by atoms with Crippen molar-refractivity contribution >= 4 is 0 Å². The van der Waals surface area contributed by atoms with Crippen molar-refractivity contribution in [1.82, 2.24) is 0 Å². The van der Waals surface area contributed by atoms with E-state index < -0.39 is 29.5 Å². The highest BCUT2D eigenvalue weighted by Crippen LogP contribution is 2.30. The Morgan fingerprint density at radius 1 is 0.952 bits per heavy atom. The molecule has 0 heterocycles. The lowest BCUT2D eigenvalue weighted by Gasteiger charge is -2.13. The van der Waals surface area contributed by atoms with Crippen LogP contribution in [0.25, 0.3) is 0 Å². The molecule has 2 aromatic carbocycles. The molecule has 2 aromatic rings. The molecule has 0 aliphatic carbocycles. The average Bonchev–Trinajstić information content (AvgIpc) is 2.41. The minimum absolute atomic E-state index is 0.0868. The highest BCUT2D eigenvalue weighted by atomic mass is 19.4. The lowest BCUT2D eigenvalue weighted by atomic mass is 10.00. The fraction of sp³-hybridized carbons (Fsp3) is 0.200. The van der Waals surface area contributed by atoms with Crippen molar-refractivity contribution < 1.29 is 27.1 Å². The molecule has 0 amide bonds. The van der Waals surface area contributed by atoms with Gasteiger partial charge >= 0.3 is 6.18 Å². The van der Waals surface area contributed by atoms with Crippen molar-refractivity contribution in [1.29, 1.82) is 0 Å². The van der Waals surface area contributed by atoms with E-state index in [0.29, 0.717) is 6.07 Å². The van der Waals surface area contributed by atoms with Gasteiger partial charge in [-0.2, -0.15) is 13.2 Å². The van der Waals surface area contributed by atoms with Gasteiger partial charge in [-0.1, -0.05) is 18.2 Å². The van der Waals surface area contributed by atoms with Crippen LogP contribution in [0.1, 0.15) is 22.8 Å². The van der Waals surface area contributed by atoms with Crippen LogP contribution in [0.5, 0.6) is 0 Å². The Labute approximate surface area is 117 Å². The van der Waals surface area contributed by atoms with Gasteiger partial charge in [0.25, 0.3) is 0 Å². The van der Waals surface area contributed by atoms with Crippen LogP contribution < -0.4 is 0 Å². The van der Waals surface area contributed by atoms with Gasteiger partial charge in [0.05, 0.1) is 11.7 Å². The van der Waals surface area contributed by atoms with Crippen molar-refractivity contribution in [2.45, 2.75) is 18.7 Å². The van der Waals surface area contributed by atoms with E-state index in [1.54, 1.807) is 0 Å². The number of aliphatic hydroxyl groups excluding tert-OH is 1. The van der Waals surface area contributed by atoms with Crippen LogP contribution in [0.4, 0.5) is 22.0 Å². The maximum absolute atomic E-state index is 13.4. The number of rotatable bonds is 3. The summed E-state index contributed by atoms with van der Waals surface area (Å²) in [5, 5.41) is 9.92. The van der Waals surface area contributed by atoms with E-state index in [0.717, 1.165) is 30.3 Å². The van der Waals surface area contributed by atoms with Crippen LogP contribution in [0.3, 0.4) is 0 Å². The van der Waals surface area contributed by atoms with Gasteiger partial charge in [-0.3, -0.25) is 0 Å². The molecule has 0 aromatic heterocycles. The second kappa shape index (κ2) is 5.81.